The number of carbonyl (C=O) groups excluding carboxylic acids is 2. The van der Waals surface area contributed by atoms with Crippen molar-refractivity contribution < 1.29 is 14.0 Å². The third-order valence-electron chi connectivity index (χ3n) is 4.96. The van der Waals surface area contributed by atoms with Crippen LogP contribution in [0.5, 0.6) is 0 Å². The van der Waals surface area contributed by atoms with Crippen LogP contribution in [0.3, 0.4) is 0 Å². The minimum Gasteiger partial charge on any atom is -0.336 e. The zero-order valence-electron chi connectivity index (χ0n) is 15.4. The minimum atomic E-state index is -0.591. The predicted molar refractivity (Wildman–Crippen MR) is 100 cm³/mol. The van der Waals surface area contributed by atoms with Crippen molar-refractivity contribution in [3.63, 3.8) is 0 Å². The number of amides is 2. The number of carbonyl (C=O) groups is 2. The topological polar surface area (TPSA) is 58.4 Å². The predicted octanol–water partition coefficient (Wildman–Crippen LogP) is 2.75. The van der Waals surface area contributed by atoms with Crippen LogP contribution in [0.1, 0.15) is 29.5 Å². The summed E-state index contributed by atoms with van der Waals surface area (Å²) in [6.45, 7) is 5.47. The van der Waals surface area contributed by atoms with Crippen LogP contribution in [0.25, 0.3) is 0 Å². The number of rotatable bonds is 5. The van der Waals surface area contributed by atoms with Gasteiger partial charge in [0, 0.05) is 50.5 Å². The highest BCUT2D eigenvalue weighted by molar-refractivity contribution is 6.31. The highest BCUT2D eigenvalue weighted by atomic mass is 35.5. The van der Waals surface area contributed by atoms with Gasteiger partial charge in [-0.2, -0.15) is 0 Å². The lowest BCUT2D eigenvalue weighted by Gasteiger charge is -2.28. The highest BCUT2D eigenvalue weighted by Gasteiger charge is 2.33. The van der Waals surface area contributed by atoms with Gasteiger partial charge in [0.1, 0.15) is 11.6 Å². The molecule has 1 atom stereocenters. The zero-order chi connectivity index (χ0) is 19.6. The lowest BCUT2D eigenvalue weighted by Crippen LogP contribution is -2.43. The van der Waals surface area contributed by atoms with E-state index in [-0.39, 0.29) is 17.5 Å². The van der Waals surface area contributed by atoms with Crippen LogP contribution in [0.2, 0.25) is 5.02 Å². The molecule has 1 saturated heterocycles. The van der Waals surface area contributed by atoms with Crippen molar-refractivity contribution >= 4 is 23.4 Å². The van der Waals surface area contributed by atoms with Gasteiger partial charge < -0.3 is 14.4 Å². The van der Waals surface area contributed by atoms with Crippen molar-refractivity contribution in [2.24, 2.45) is 0 Å². The Morgan fingerprint density at radius 2 is 2.19 bits per heavy atom. The summed E-state index contributed by atoms with van der Waals surface area (Å²) in [7, 11) is 0. The maximum absolute atomic E-state index is 14.0. The molecule has 8 heteroatoms. The molecule has 1 aliphatic rings. The molecule has 0 radical (unpaired) electrons. The standard InChI is InChI=1S/C19H22ClFN4O2/c1-13-22-6-8-23(13)9-10-25(14(2)26)16-5-7-24(12-16)19(27)17-11-15(20)3-4-18(17)21/h3-4,6,8,11,16H,5,7,9-10,12H2,1-2H3. The van der Waals surface area contributed by atoms with Gasteiger partial charge in [-0.05, 0) is 31.5 Å². The molecule has 1 fully saturated rings. The Morgan fingerprint density at radius 3 is 2.85 bits per heavy atom. The van der Waals surface area contributed by atoms with E-state index in [1.165, 1.54) is 25.1 Å². The Hall–Kier alpha value is -2.41. The van der Waals surface area contributed by atoms with Crippen LogP contribution >= 0.6 is 11.6 Å². The van der Waals surface area contributed by atoms with Gasteiger partial charge in [0.05, 0.1) is 11.6 Å². The monoisotopic (exact) mass is 392 g/mol. The first-order valence-corrected chi connectivity index (χ1v) is 9.24. The second kappa shape index (κ2) is 8.08. The Labute approximate surface area is 162 Å². The van der Waals surface area contributed by atoms with Crippen LogP contribution < -0.4 is 0 Å². The maximum atomic E-state index is 14.0. The van der Waals surface area contributed by atoms with E-state index >= 15 is 0 Å². The molecule has 0 N–H and O–H groups in total. The number of benzene rings is 1. The summed E-state index contributed by atoms with van der Waals surface area (Å²) in [5.41, 5.74) is -0.0356. The van der Waals surface area contributed by atoms with Crippen LogP contribution in [-0.4, -0.2) is 56.8 Å². The van der Waals surface area contributed by atoms with E-state index in [9.17, 15) is 14.0 Å². The lowest BCUT2D eigenvalue weighted by molar-refractivity contribution is -0.131. The van der Waals surface area contributed by atoms with Gasteiger partial charge in [-0.1, -0.05) is 11.6 Å². The molecule has 0 bridgehead atoms. The summed E-state index contributed by atoms with van der Waals surface area (Å²) in [6.07, 6.45) is 4.26. The lowest BCUT2D eigenvalue weighted by atomic mass is 10.2. The second-order valence-electron chi connectivity index (χ2n) is 6.70. The van der Waals surface area contributed by atoms with Gasteiger partial charge >= 0.3 is 0 Å². The first kappa shape index (κ1) is 19.4. The van der Waals surface area contributed by atoms with Gasteiger partial charge in [0.15, 0.2) is 0 Å². The van der Waals surface area contributed by atoms with Crippen molar-refractivity contribution in [2.75, 3.05) is 19.6 Å². The highest BCUT2D eigenvalue weighted by Crippen LogP contribution is 2.22. The molecule has 2 heterocycles. The number of nitrogens with zero attached hydrogens (tertiary/aromatic N) is 4. The Kier molecular flexibility index (Phi) is 5.79. The van der Waals surface area contributed by atoms with Crippen LogP contribution in [0.15, 0.2) is 30.6 Å². The number of aryl methyl sites for hydroxylation is 1. The van der Waals surface area contributed by atoms with Crippen molar-refractivity contribution in [3.05, 3.63) is 52.8 Å². The first-order valence-electron chi connectivity index (χ1n) is 8.86. The van der Waals surface area contributed by atoms with Crippen molar-refractivity contribution in [1.82, 2.24) is 19.4 Å². The molecular weight excluding hydrogens is 371 g/mol. The minimum absolute atomic E-state index is 0.0356. The molecule has 0 aliphatic carbocycles. The molecule has 1 aromatic heterocycles. The SMILES string of the molecule is CC(=O)N(CCn1ccnc1C)C1CCN(C(=O)c2cc(Cl)ccc2F)C1. The normalized spacial score (nSPS) is 16.6. The number of likely N-dealkylation sites (tertiary alicyclic amines) is 1. The molecule has 6 nitrogen and oxygen atoms in total. The Morgan fingerprint density at radius 1 is 1.41 bits per heavy atom. The van der Waals surface area contributed by atoms with E-state index in [2.05, 4.69) is 4.98 Å². The number of hydrogen-bond acceptors (Lipinski definition) is 3. The summed E-state index contributed by atoms with van der Waals surface area (Å²) in [5.74, 6) is -0.141. The van der Waals surface area contributed by atoms with E-state index < -0.39 is 11.7 Å². The summed E-state index contributed by atoms with van der Waals surface area (Å²) in [4.78, 5) is 32.3. The molecule has 1 aliphatic heterocycles. The second-order valence-corrected chi connectivity index (χ2v) is 7.13. The van der Waals surface area contributed by atoms with Gasteiger partial charge in [0.2, 0.25) is 5.91 Å². The van der Waals surface area contributed by atoms with Gasteiger partial charge in [-0.25, -0.2) is 9.37 Å². The van der Waals surface area contributed by atoms with Crippen LogP contribution in [0.4, 0.5) is 4.39 Å². The molecule has 144 valence electrons. The zero-order valence-corrected chi connectivity index (χ0v) is 16.1. The third kappa shape index (κ3) is 4.30. The molecule has 1 aromatic carbocycles. The molecular formula is C19H22ClFN4O2. The van der Waals surface area contributed by atoms with Crippen LogP contribution in [0, 0.1) is 12.7 Å². The summed E-state index contributed by atoms with van der Waals surface area (Å²) >= 11 is 5.89. The average molecular weight is 393 g/mol. The molecule has 2 aromatic rings. The fourth-order valence-electron chi connectivity index (χ4n) is 3.47. The first-order chi connectivity index (χ1) is 12.9. The molecule has 27 heavy (non-hydrogen) atoms. The fraction of sp³-hybridized carbons (Fsp3) is 0.421. The van der Waals surface area contributed by atoms with Crippen LogP contribution in [-0.2, 0) is 11.3 Å². The van der Waals surface area contributed by atoms with Crippen molar-refractivity contribution in [3.8, 4) is 0 Å². The van der Waals surface area contributed by atoms with E-state index in [0.29, 0.717) is 37.6 Å². The molecule has 2 amide bonds. The van der Waals surface area contributed by atoms with E-state index in [4.69, 9.17) is 11.6 Å². The molecule has 1 unspecified atom stereocenters. The molecule has 3 rings (SSSR count). The molecule has 0 spiro atoms. The number of aromatic nitrogens is 2. The average Bonchev–Trinajstić information content (AvgIpc) is 3.26. The fourth-order valence-corrected chi connectivity index (χ4v) is 3.64. The summed E-state index contributed by atoms with van der Waals surface area (Å²) < 4.78 is 16.0. The van der Waals surface area contributed by atoms with Gasteiger partial charge in [-0.3, -0.25) is 9.59 Å². The number of imidazole rings is 1. The van der Waals surface area contributed by atoms with Gasteiger partial charge in [-0.15, -0.1) is 0 Å². The summed E-state index contributed by atoms with van der Waals surface area (Å²) in [6, 6.07) is 3.86. The Bertz CT molecular complexity index is 854. The molecule has 0 saturated carbocycles. The van der Waals surface area contributed by atoms with E-state index in [1.54, 1.807) is 16.0 Å². The smallest absolute Gasteiger partial charge is 0.256 e. The van der Waals surface area contributed by atoms with Crippen molar-refractivity contribution in [1.29, 1.82) is 0 Å². The van der Waals surface area contributed by atoms with Gasteiger partial charge in [0.25, 0.3) is 5.91 Å². The summed E-state index contributed by atoms with van der Waals surface area (Å²) in [5, 5.41) is 0.316. The van der Waals surface area contributed by atoms with Crippen molar-refractivity contribution in [2.45, 2.75) is 32.9 Å². The van der Waals surface area contributed by atoms with E-state index in [1.807, 2.05) is 17.7 Å². The third-order valence-corrected chi connectivity index (χ3v) is 5.20. The largest absolute Gasteiger partial charge is 0.336 e. The maximum Gasteiger partial charge on any atom is 0.256 e. The number of hydrogen-bond donors (Lipinski definition) is 0. The quantitative estimate of drug-likeness (QED) is 0.786. The Balaban J connectivity index is 1.67. The number of halogens is 2. The van der Waals surface area contributed by atoms with E-state index in [0.717, 1.165) is 5.82 Å².